The van der Waals surface area contributed by atoms with Crippen molar-refractivity contribution in [3.63, 3.8) is 0 Å². The molecule has 0 spiro atoms. The van der Waals surface area contributed by atoms with Gasteiger partial charge in [-0.05, 0) is 60.2 Å². The Kier molecular flexibility index (Phi) is 9.04. The summed E-state index contributed by atoms with van der Waals surface area (Å²) in [5.74, 6) is 5.62. The van der Waals surface area contributed by atoms with Crippen molar-refractivity contribution >= 4 is 23.3 Å². The molecule has 0 aliphatic heterocycles. The van der Waals surface area contributed by atoms with E-state index < -0.39 is 18.0 Å². The molecular formula is C28H29FN2O3S. The van der Waals surface area contributed by atoms with E-state index in [4.69, 9.17) is 10.6 Å². The van der Waals surface area contributed by atoms with Gasteiger partial charge >= 0.3 is 12.0 Å². The molecule has 2 amide bonds. The first-order valence-corrected chi connectivity index (χ1v) is 12.2. The lowest BCUT2D eigenvalue weighted by Crippen LogP contribution is -2.43. The summed E-state index contributed by atoms with van der Waals surface area (Å²) in [6.07, 6.45) is 1.66. The van der Waals surface area contributed by atoms with Gasteiger partial charge in [-0.3, -0.25) is 0 Å². The highest BCUT2D eigenvalue weighted by atomic mass is 32.1. The average molecular weight is 493 g/mol. The molecule has 2 N–H and O–H groups in total. The van der Waals surface area contributed by atoms with E-state index in [1.807, 2.05) is 36.4 Å². The van der Waals surface area contributed by atoms with E-state index in [2.05, 4.69) is 25.7 Å². The van der Waals surface area contributed by atoms with Gasteiger partial charge in [0, 0.05) is 11.3 Å². The van der Waals surface area contributed by atoms with E-state index >= 15 is 0 Å². The number of hydrogen-bond acceptors (Lipinski definition) is 4. The number of halogens is 1. The van der Waals surface area contributed by atoms with Gasteiger partial charge in [0.2, 0.25) is 0 Å². The second-order valence-corrected chi connectivity index (χ2v) is 9.90. The maximum atomic E-state index is 13.1. The minimum Gasteiger partial charge on any atom is -0.349 e. The molecule has 2 aromatic carbocycles. The molecule has 0 saturated heterocycles. The number of benzene rings is 2. The van der Waals surface area contributed by atoms with Crippen molar-refractivity contribution in [1.29, 1.82) is 0 Å². The lowest BCUT2D eigenvalue weighted by Gasteiger charge is -2.21. The summed E-state index contributed by atoms with van der Waals surface area (Å²) < 4.78 is 13.1. The summed E-state index contributed by atoms with van der Waals surface area (Å²) >= 11 is 1.50. The van der Waals surface area contributed by atoms with Crippen LogP contribution in [0, 0.1) is 23.6 Å². The van der Waals surface area contributed by atoms with Crippen molar-refractivity contribution in [2.24, 2.45) is 11.7 Å². The number of rotatable bonds is 7. The Bertz CT molecular complexity index is 1210. The Morgan fingerprint density at radius 1 is 0.971 bits per heavy atom. The second kappa shape index (κ2) is 12.2. The number of nitrogens with zero attached hydrogens (tertiary/aromatic N) is 1. The Labute approximate surface area is 209 Å². The van der Waals surface area contributed by atoms with Gasteiger partial charge in [-0.1, -0.05) is 62.1 Å². The smallest absolute Gasteiger partial charge is 0.349 e. The Morgan fingerprint density at radius 2 is 1.60 bits per heavy atom. The van der Waals surface area contributed by atoms with Crippen molar-refractivity contribution in [3.05, 3.63) is 92.9 Å². The van der Waals surface area contributed by atoms with Gasteiger partial charge in [-0.2, -0.15) is 0 Å². The van der Waals surface area contributed by atoms with Crippen molar-refractivity contribution in [2.45, 2.75) is 46.1 Å². The highest BCUT2D eigenvalue weighted by Crippen LogP contribution is 2.20. The van der Waals surface area contributed by atoms with E-state index in [-0.39, 0.29) is 12.2 Å². The van der Waals surface area contributed by atoms with Crippen LogP contribution < -0.4 is 5.73 Å². The number of nitrogens with two attached hydrogens (primary N) is 1. The van der Waals surface area contributed by atoms with Crippen LogP contribution >= 0.6 is 11.3 Å². The predicted molar refractivity (Wildman–Crippen MR) is 136 cm³/mol. The predicted octanol–water partition coefficient (Wildman–Crippen LogP) is 5.50. The fourth-order valence-electron chi connectivity index (χ4n) is 3.47. The molecular weight excluding hydrogens is 463 g/mol. The molecule has 0 radical (unpaired) electrons. The number of carbonyl (C=O) groups is 2. The Hall–Kier alpha value is -3.63. The molecule has 1 aromatic heterocycles. The van der Waals surface area contributed by atoms with E-state index in [0.29, 0.717) is 12.3 Å². The summed E-state index contributed by atoms with van der Waals surface area (Å²) in [4.78, 5) is 31.4. The van der Waals surface area contributed by atoms with Gasteiger partial charge in [0.1, 0.15) is 11.9 Å². The van der Waals surface area contributed by atoms with Gasteiger partial charge in [-0.15, -0.1) is 16.4 Å². The van der Waals surface area contributed by atoms with Crippen molar-refractivity contribution in [2.75, 3.05) is 0 Å². The topological polar surface area (TPSA) is 72.6 Å². The van der Waals surface area contributed by atoms with Gasteiger partial charge in [-0.25, -0.2) is 14.0 Å². The van der Waals surface area contributed by atoms with Crippen molar-refractivity contribution < 1.29 is 18.8 Å². The number of amides is 2. The summed E-state index contributed by atoms with van der Waals surface area (Å²) in [5, 5.41) is 0.801. The van der Waals surface area contributed by atoms with Crippen molar-refractivity contribution in [3.8, 4) is 11.8 Å². The van der Waals surface area contributed by atoms with Gasteiger partial charge in [0.05, 0.1) is 11.3 Å². The largest absolute Gasteiger partial charge is 0.349 e. The first-order chi connectivity index (χ1) is 16.7. The molecule has 3 rings (SSSR count). The first-order valence-electron chi connectivity index (χ1n) is 11.4. The molecule has 1 heterocycles. The molecule has 5 nitrogen and oxygen atoms in total. The van der Waals surface area contributed by atoms with Crippen LogP contribution in [0.3, 0.4) is 0 Å². The third kappa shape index (κ3) is 8.27. The van der Waals surface area contributed by atoms with Crippen LogP contribution in [-0.2, 0) is 28.9 Å². The molecule has 0 bridgehead atoms. The van der Waals surface area contributed by atoms with Crippen LogP contribution in [0.1, 0.15) is 47.2 Å². The number of primary amides is 1. The lowest BCUT2D eigenvalue weighted by atomic mass is 10.0. The number of hydroxylamine groups is 2. The van der Waals surface area contributed by atoms with E-state index in [0.717, 1.165) is 32.4 Å². The number of hydrogen-bond donors (Lipinski definition) is 1. The van der Waals surface area contributed by atoms with Crippen LogP contribution in [-0.4, -0.2) is 23.1 Å². The fourth-order valence-corrected chi connectivity index (χ4v) is 4.37. The number of urea groups is 1. The maximum Gasteiger partial charge on any atom is 0.349 e. The molecule has 0 aliphatic carbocycles. The third-order valence-corrected chi connectivity index (χ3v) is 6.14. The SMILES string of the molecule is CC(C)Cc1ccc(CC(=O)ON(C(N)=O)[C@H](C)C#Cc2ccc(Cc3ccc(F)cc3)s2)cc1. The maximum absolute atomic E-state index is 13.1. The Morgan fingerprint density at radius 3 is 2.23 bits per heavy atom. The minimum atomic E-state index is -0.893. The third-order valence-electron chi connectivity index (χ3n) is 5.14. The number of thiophene rings is 1. The molecule has 7 heteroatoms. The number of carbonyl (C=O) groups excluding carboxylic acids is 2. The quantitative estimate of drug-likeness (QED) is 0.350. The normalized spacial score (nSPS) is 11.5. The van der Waals surface area contributed by atoms with E-state index in [1.54, 1.807) is 19.1 Å². The van der Waals surface area contributed by atoms with Crippen LogP contribution in [0.5, 0.6) is 0 Å². The molecule has 35 heavy (non-hydrogen) atoms. The monoisotopic (exact) mass is 492 g/mol. The summed E-state index contributed by atoms with van der Waals surface area (Å²) in [7, 11) is 0. The second-order valence-electron chi connectivity index (χ2n) is 8.73. The molecule has 0 saturated carbocycles. The molecule has 0 fully saturated rings. The van der Waals surface area contributed by atoms with Gasteiger partial charge < -0.3 is 10.6 Å². The van der Waals surface area contributed by atoms with Gasteiger partial charge in [0.25, 0.3) is 0 Å². The van der Waals surface area contributed by atoms with E-state index in [9.17, 15) is 14.0 Å². The van der Waals surface area contributed by atoms with E-state index in [1.165, 1.54) is 29.0 Å². The zero-order chi connectivity index (χ0) is 25.4. The zero-order valence-electron chi connectivity index (χ0n) is 20.1. The fraction of sp³-hybridized carbons (Fsp3) is 0.286. The van der Waals surface area contributed by atoms with Gasteiger partial charge in [0.15, 0.2) is 0 Å². The molecule has 0 aliphatic rings. The lowest BCUT2D eigenvalue weighted by molar-refractivity contribution is -0.178. The molecule has 182 valence electrons. The van der Waals surface area contributed by atoms with Crippen LogP contribution in [0.2, 0.25) is 0 Å². The summed E-state index contributed by atoms with van der Waals surface area (Å²) in [6.45, 7) is 5.94. The van der Waals surface area contributed by atoms with Crippen LogP contribution in [0.4, 0.5) is 9.18 Å². The standard InChI is InChI=1S/C28H29FN2O3S/c1-19(2)16-21-5-7-23(8-6-21)18-27(32)34-31(28(30)33)20(3)4-13-25-14-15-26(35-25)17-22-9-11-24(29)12-10-22/h5-12,14-15,19-20H,16-18H2,1-3H3,(H2,30,33)/t20-/m1/s1. The van der Waals surface area contributed by atoms with Crippen molar-refractivity contribution in [1.82, 2.24) is 5.06 Å². The zero-order valence-corrected chi connectivity index (χ0v) is 20.9. The molecule has 1 atom stereocenters. The Balaban J connectivity index is 1.58. The minimum absolute atomic E-state index is 0.0174. The van der Waals surface area contributed by atoms with Crippen LogP contribution in [0.15, 0.2) is 60.7 Å². The van der Waals surface area contributed by atoms with Crippen LogP contribution in [0.25, 0.3) is 0 Å². The molecule has 0 unspecified atom stereocenters. The highest BCUT2D eigenvalue weighted by Gasteiger charge is 2.21. The summed E-state index contributed by atoms with van der Waals surface area (Å²) in [6, 6.07) is 16.4. The highest BCUT2D eigenvalue weighted by molar-refractivity contribution is 7.12. The first kappa shape index (κ1) is 26.0. The average Bonchev–Trinajstić information content (AvgIpc) is 3.25. The molecule has 3 aromatic rings. The summed E-state index contributed by atoms with van der Waals surface area (Å²) in [5.41, 5.74) is 8.43.